The van der Waals surface area contributed by atoms with Crippen LogP contribution in [0.3, 0.4) is 0 Å². The van der Waals surface area contributed by atoms with Crippen molar-refractivity contribution in [2.75, 3.05) is 24.4 Å². The van der Waals surface area contributed by atoms with E-state index in [1.165, 1.54) is 12.0 Å². The molecule has 0 fully saturated rings. The number of nitrogens with zero attached hydrogens (tertiary/aromatic N) is 1. The molecule has 120 valence electrons. The Labute approximate surface area is 139 Å². The molecule has 0 heterocycles. The van der Waals surface area contributed by atoms with E-state index in [0.717, 1.165) is 5.69 Å². The summed E-state index contributed by atoms with van der Waals surface area (Å²) in [7, 11) is 3.15. The number of carbonyl (C=O) groups is 2. The van der Waals surface area contributed by atoms with E-state index in [9.17, 15) is 9.59 Å². The van der Waals surface area contributed by atoms with Gasteiger partial charge in [0.2, 0.25) is 11.8 Å². The minimum Gasteiger partial charge on any atom is -0.495 e. The van der Waals surface area contributed by atoms with Gasteiger partial charge in [-0.1, -0.05) is 29.8 Å². The second-order valence-electron chi connectivity index (χ2n) is 4.86. The average Bonchev–Trinajstić information content (AvgIpc) is 2.55. The van der Waals surface area contributed by atoms with E-state index in [0.29, 0.717) is 16.5 Å². The number of halogens is 1. The Kier molecular flexibility index (Phi) is 5.60. The molecule has 0 bridgehead atoms. The third kappa shape index (κ3) is 4.47. The maximum atomic E-state index is 12.1. The highest BCUT2D eigenvalue weighted by molar-refractivity contribution is 6.32. The summed E-state index contributed by atoms with van der Waals surface area (Å²) in [6, 6.07) is 14.0. The van der Waals surface area contributed by atoms with Gasteiger partial charge in [0.05, 0.1) is 12.1 Å². The highest BCUT2D eigenvalue weighted by Crippen LogP contribution is 2.27. The standard InChI is InChI=1S/C17H17ClN2O3/c1-20(13-6-4-3-5-7-13)17(22)11-16(21)19-12-8-9-15(23-2)14(18)10-12/h3-10H,11H2,1-2H3,(H,19,21). The van der Waals surface area contributed by atoms with Crippen LogP contribution in [0.2, 0.25) is 5.02 Å². The van der Waals surface area contributed by atoms with Gasteiger partial charge in [0.15, 0.2) is 0 Å². The zero-order chi connectivity index (χ0) is 16.8. The van der Waals surface area contributed by atoms with Crippen molar-refractivity contribution >= 4 is 34.8 Å². The van der Waals surface area contributed by atoms with Crippen LogP contribution >= 0.6 is 11.6 Å². The summed E-state index contributed by atoms with van der Waals surface area (Å²) in [6.07, 6.45) is -0.255. The molecule has 2 aromatic rings. The van der Waals surface area contributed by atoms with Crippen LogP contribution in [-0.4, -0.2) is 26.0 Å². The Bertz CT molecular complexity index is 704. The molecule has 0 unspecified atom stereocenters. The summed E-state index contributed by atoms with van der Waals surface area (Å²) in [6.45, 7) is 0. The quantitative estimate of drug-likeness (QED) is 0.854. The molecule has 5 nitrogen and oxygen atoms in total. The van der Waals surface area contributed by atoms with Gasteiger partial charge < -0.3 is 15.0 Å². The van der Waals surface area contributed by atoms with Gasteiger partial charge >= 0.3 is 0 Å². The Balaban J connectivity index is 1.96. The largest absolute Gasteiger partial charge is 0.495 e. The topological polar surface area (TPSA) is 58.6 Å². The second kappa shape index (κ2) is 7.65. The van der Waals surface area contributed by atoms with Crippen LogP contribution in [0.1, 0.15) is 6.42 Å². The summed E-state index contributed by atoms with van der Waals surface area (Å²) >= 11 is 6.00. The number of carbonyl (C=O) groups excluding carboxylic acids is 2. The van der Waals surface area contributed by atoms with Crippen LogP contribution in [0.5, 0.6) is 5.75 Å². The van der Waals surface area contributed by atoms with Gasteiger partial charge in [-0.25, -0.2) is 0 Å². The van der Waals surface area contributed by atoms with Crippen LogP contribution in [0, 0.1) is 0 Å². The molecular weight excluding hydrogens is 316 g/mol. The monoisotopic (exact) mass is 332 g/mol. The average molecular weight is 333 g/mol. The van der Waals surface area contributed by atoms with Gasteiger partial charge in [-0.3, -0.25) is 9.59 Å². The first-order valence-corrected chi connectivity index (χ1v) is 7.34. The molecule has 6 heteroatoms. The molecule has 0 radical (unpaired) electrons. The van der Waals surface area contributed by atoms with Gasteiger partial charge in [-0.2, -0.15) is 0 Å². The zero-order valence-corrected chi connectivity index (χ0v) is 13.6. The van der Waals surface area contributed by atoms with Gasteiger partial charge in [0.1, 0.15) is 12.2 Å². The Morgan fingerprint density at radius 1 is 1.17 bits per heavy atom. The number of hydrogen-bond acceptors (Lipinski definition) is 3. The van der Waals surface area contributed by atoms with E-state index in [1.54, 1.807) is 37.4 Å². The van der Waals surface area contributed by atoms with Crippen LogP contribution in [0.4, 0.5) is 11.4 Å². The summed E-state index contributed by atoms with van der Waals surface area (Å²) < 4.78 is 5.04. The molecule has 0 aromatic heterocycles. The molecule has 0 saturated heterocycles. The number of ether oxygens (including phenoxy) is 1. The van der Waals surface area contributed by atoms with Crippen LogP contribution < -0.4 is 15.0 Å². The zero-order valence-electron chi connectivity index (χ0n) is 12.9. The Hall–Kier alpha value is -2.53. The highest BCUT2D eigenvalue weighted by Gasteiger charge is 2.15. The van der Waals surface area contributed by atoms with E-state index < -0.39 is 5.91 Å². The predicted molar refractivity (Wildman–Crippen MR) is 91.1 cm³/mol. The number of benzene rings is 2. The lowest BCUT2D eigenvalue weighted by Gasteiger charge is -2.17. The van der Waals surface area contributed by atoms with Crippen LogP contribution in [0.15, 0.2) is 48.5 Å². The Morgan fingerprint density at radius 2 is 1.87 bits per heavy atom. The van der Waals surface area contributed by atoms with Crippen LogP contribution in [-0.2, 0) is 9.59 Å². The summed E-state index contributed by atoms with van der Waals surface area (Å²) in [5.74, 6) is -0.183. The molecule has 2 aromatic carbocycles. The molecule has 0 aliphatic rings. The number of hydrogen-bond donors (Lipinski definition) is 1. The lowest BCUT2D eigenvalue weighted by molar-refractivity contribution is -0.125. The van der Waals surface area contributed by atoms with Crippen molar-refractivity contribution < 1.29 is 14.3 Å². The molecule has 0 aliphatic carbocycles. The number of anilines is 2. The Morgan fingerprint density at radius 3 is 2.48 bits per heavy atom. The van der Waals surface area contributed by atoms with E-state index in [1.807, 2.05) is 18.2 Å². The lowest BCUT2D eigenvalue weighted by atomic mass is 10.2. The van der Waals surface area contributed by atoms with Crippen molar-refractivity contribution in [3.8, 4) is 5.75 Å². The molecular formula is C17H17ClN2O3. The molecule has 0 aliphatic heterocycles. The summed E-state index contributed by atoms with van der Waals surface area (Å²) in [5, 5.41) is 3.03. The van der Waals surface area contributed by atoms with Crippen molar-refractivity contribution in [1.29, 1.82) is 0 Å². The van der Waals surface area contributed by atoms with Gasteiger partial charge in [-0.15, -0.1) is 0 Å². The first kappa shape index (κ1) is 16.8. The van der Waals surface area contributed by atoms with Gasteiger partial charge in [-0.05, 0) is 30.3 Å². The van der Waals surface area contributed by atoms with Crippen molar-refractivity contribution in [3.05, 3.63) is 53.6 Å². The molecule has 0 atom stereocenters. The van der Waals surface area contributed by atoms with Gasteiger partial charge in [0, 0.05) is 18.4 Å². The molecule has 1 N–H and O–H groups in total. The molecule has 2 rings (SSSR count). The minimum atomic E-state index is -0.404. The number of nitrogens with one attached hydrogen (secondary N) is 1. The minimum absolute atomic E-state index is 0.255. The fourth-order valence-corrected chi connectivity index (χ4v) is 2.26. The summed E-state index contributed by atoms with van der Waals surface area (Å²) in [5.41, 5.74) is 1.24. The number of rotatable bonds is 5. The summed E-state index contributed by atoms with van der Waals surface area (Å²) in [4.78, 5) is 25.6. The highest BCUT2D eigenvalue weighted by atomic mass is 35.5. The number of amides is 2. The predicted octanol–water partition coefficient (Wildman–Crippen LogP) is 3.34. The molecule has 2 amide bonds. The normalized spacial score (nSPS) is 10.0. The third-order valence-electron chi connectivity index (χ3n) is 3.26. The second-order valence-corrected chi connectivity index (χ2v) is 5.27. The fraction of sp³-hybridized carbons (Fsp3) is 0.176. The van der Waals surface area contributed by atoms with E-state index in [2.05, 4.69) is 5.32 Å². The first-order valence-electron chi connectivity index (χ1n) is 6.96. The van der Waals surface area contributed by atoms with Crippen molar-refractivity contribution in [3.63, 3.8) is 0 Å². The van der Waals surface area contributed by atoms with Crippen molar-refractivity contribution in [2.45, 2.75) is 6.42 Å². The first-order chi connectivity index (χ1) is 11.0. The van der Waals surface area contributed by atoms with E-state index in [4.69, 9.17) is 16.3 Å². The maximum Gasteiger partial charge on any atom is 0.236 e. The molecule has 23 heavy (non-hydrogen) atoms. The molecule has 0 saturated carbocycles. The molecule has 0 spiro atoms. The fourth-order valence-electron chi connectivity index (χ4n) is 2.00. The van der Waals surface area contributed by atoms with Crippen molar-refractivity contribution in [1.82, 2.24) is 0 Å². The lowest BCUT2D eigenvalue weighted by Crippen LogP contribution is -2.30. The SMILES string of the molecule is COc1ccc(NC(=O)CC(=O)N(C)c2ccccc2)cc1Cl. The maximum absolute atomic E-state index is 12.1. The van der Waals surface area contributed by atoms with Crippen LogP contribution in [0.25, 0.3) is 0 Å². The number of para-hydroxylation sites is 1. The smallest absolute Gasteiger partial charge is 0.236 e. The van der Waals surface area contributed by atoms with Crippen molar-refractivity contribution in [2.24, 2.45) is 0 Å². The number of methoxy groups -OCH3 is 1. The van der Waals surface area contributed by atoms with E-state index >= 15 is 0 Å². The van der Waals surface area contributed by atoms with Gasteiger partial charge in [0.25, 0.3) is 0 Å². The van der Waals surface area contributed by atoms with E-state index in [-0.39, 0.29) is 12.3 Å². The third-order valence-corrected chi connectivity index (χ3v) is 3.56.